The minimum atomic E-state index is -0.230. The van der Waals surface area contributed by atoms with Gasteiger partial charge in [-0.2, -0.15) is 0 Å². The second-order valence-corrected chi connectivity index (χ2v) is 17.0. The molecule has 5 aliphatic carbocycles. The Morgan fingerprint density at radius 3 is 2.29 bits per heavy atom. The lowest BCUT2D eigenvalue weighted by molar-refractivity contribution is 0.465. The zero-order valence-corrected chi connectivity index (χ0v) is 32.3. The minimum Gasteiger partial charge on any atom is -0.310 e. The second kappa shape index (κ2) is 12.3. The van der Waals surface area contributed by atoms with Crippen LogP contribution in [0.2, 0.25) is 0 Å². The largest absolute Gasteiger partial charge is 0.310 e. The Morgan fingerprint density at radius 2 is 1.40 bits per heavy atom. The van der Waals surface area contributed by atoms with E-state index >= 15 is 0 Å². The number of aryl methyl sites for hydroxylation is 1. The molecular weight excluding hydrogens is 701 g/mol. The first-order valence-electron chi connectivity index (χ1n) is 21.1. The van der Waals surface area contributed by atoms with E-state index in [1.54, 1.807) is 0 Å². The quantitative estimate of drug-likeness (QED) is 0.191. The number of nitrogens with one attached hydrogen (secondary N) is 1. The SMILES string of the molecule is C1=CCC2NC(c3ccc(-c4ccc(-n5c6c(c7ccccc75)CCC=C6)cc4)cc3)c3ccc4c(c3C2=C1)-c1ccccc1C41c2ccccc2C2C=CC=CC21. The van der Waals surface area contributed by atoms with E-state index in [1.165, 1.54) is 94.6 Å². The zero-order valence-electron chi connectivity index (χ0n) is 32.3. The highest BCUT2D eigenvalue weighted by Crippen LogP contribution is 2.66. The van der Waals surface area contributed by atoms with Crippen LogP contribution in [0.25, 0.3) is 50.5 Å². The van der Waals surface area contributed by atoms with Crippen LogP contribution in [0.15, 0.2) is 182 Å². The fourth-order valence-electron chi connectivity index (χ4n) is 12.0. The molecule has 2 heterocycles. The van der Waals surface area contributed by atoms with Crippen molar-refractivity contribution >= 4 is 22.6 Å². The summed E-state index contributed by atoms with van der Waals surface area (Å²) in [6, 6.07) is 51.3. The smallest absolute Gasteiger partial charge is 0.0587 e. The molecule has 6 aliphatic rings. The lowest BCUT2D eigenvalue weighted by atomic mass is 9.65. The summed E-state index contributed by atoms with van der Waals surface area (Å²) in [4.78, 5) is 0. The van der Waals surface area contributed by atoms with Gasteiger partial charge in [-0.15, -0.1) is 0 Å². The molecular formula is C56H42N2. The predicted octanol–water partition coefficient (Wildman–Crippen LogP) is 12.8. The number of nitrogens with zero attached hydrogens (tertiary/aromatic N) is 1. The van der Waals surface area contributed by atoms with Crippen molar-refractivity contribution in [2.75, 3.05) is 0 Å². The number of fused-ring (bicyclic) bond motifs is 17. The van der Waals surface area contributed by atoms with E-state index < -0.39 is 0 Å². The summed E-state index contributed by atoms with van der Waals surface area (Å²) in [6.45, 7) is 0. The van der Waals surface area contributed by atoms with Gasteiger partial charge in [-0.1, -0.05) is 164 Å². The van der Waals surface area contributed by atoms with E-state index in [0.29, 0.717) is 11.8 Å². The average molecular weight is 743 g/mol. The Balaban J connectivity index is 0.916. The summed E-state index contributed by atoms with van der Waals surface area (Å²) in [6.07, 6.45) is 24.3. The van der Waals surface area contributed by atoms with Gasteiger partial charge in [-0.25, -0.2) is 0 Å². The van der Waals surface area contributed by atoms with Crippen LogP contribution in [-0.2, 0) is 11.8 Å². The van der Waals surface area contributed by atoms with Gasteiger partial charge in [-0.05, 0) is 116 Å². The fraction of sp³-hybridized carbons (Fsp3) is 0.143. The van der Waals surface area contributed by atoms with Gasteiger partial charge in [-0.3, -0.25) is 5.32 Å². The van der Waals surface area contributed by atoms with Gasteiger partial charge in [0.2, 0.25) is 0 Å². The number of allylic oxidation sites excluding steroid dienone is 7. The standard InChI is InChI=1S/C56H42N2/c1-7-19-46-39(13-1)40-14-2-8-20-47(40)56(46)48-21-9-3-17-43(48)54-49(56)34-33-45-53(54)44-18-4-10-22-50(44)57-55(45)37-27-25-35(26-28-37)36-29-31-38(32-30-36)58-51-23-11-5-15-41(51)42-16-6-12-24-52(42)58/h1-5,7-15,17-21,23-34,39,46,50,55,57H,6,16,22H2. The normalized spacial score (nSPS) is 23.8. The Kier molecular flexibility index (Phi) is 6.89. The Hall–Kier alpha value is -6.48. The van der Waals surface area contributed by atoms with Crippen molar-refractivity contribution in [3.8, 4) is 27.9 Å². The van der Waals surface area contributed by atoms with Crippen molar-refractivity contribution in [2.45, 2.75) is 42.7 Å². The molecule has 0 bridgehead atoms. The van der Waals surface area contributed by atoms with E-state index in [2.05, 4.69) is 198 Å². The Bertz CT molecular complexity index is 3020. The maximum atomic E-state index is 4.14. The van der Waals surface area contributed by atoms with Crippen LogP contribution in [0.5, 0.6) is 0 Å². The average Bonchev–Trinajstić information content (AvgIpc) is 3.91. The zero-order chi connectivity index (χ0) is 38.0. The molecule has 7 aromatic rings. The van der Waals surface area contributed by atoms with Crippen molar-refractivity contribution in [2.24, 2.45) is 5.92 Å². The van der Waals surface area contributed by atoms with Gasteiger partial charge in [0.1, 0.15) is 0 Å². The van der Waals surface area contributed by atoms with Crippen molar-refractivity contribution in [1.82, 2.24) is 9.88 Å². The molecule has 1 aromatic heterocycles. The molecule has 0 radical (unpaired) electrons. The molecule has 13 rings (SSSR count). The first-order chi connectivity index (χ1) is 28.8. The van der Waals surface area contributed by atoms with Crippen LogP contribution in [0.1, 0.15) is 75.0 Å². The molecule has 1 N–H and O–H groups in total. The number of hydrogen-bond donors (Lipinski definition) is 1. The Labute approximate surface area is 339 Å². The summed E-state index contributed by atoms with van der Waals surface area (Å²) in [5.74, 6) is 0.691. The number of para-hydroxylation sites is 1. The van der Waals surface area contributed by atoms with Crippen molar-refractivity contribution < 1.29 is 0 Å². The van der Waals surface area contributed by atoms with E-state index in [0.717, 1.165) is 19.3 Å². The summed E-state index contributed by atoms with van der Waals surface area (Å²) < 4.78 is 2.44. The van der Waals surface area contributed by atoms with Gasteiger partial charge in [0.05, 0.1) is 17.0 Å². The highest BCUT2D eigenvalue weighted by molar-refractivity contribution is 5.97. The van der Waals surface area contributed by atoms with Crippen LogP contribution in [0.4, 0.5) is 0 Å². The summed E-state index contributed by atoms with van der Waals surface area (Å²) >= 11 is 0. The van der Waals surface area contributed by atoms with Crippen LogP contribution >= 0.6 is 0 Å². The molecule has 58 heavy (non-hydrogen) atoms. The molecule has 1 spiro atoms. The minimum absolute atomic E-state index is 0.0801. The highest BCUT2D eigenvalue weighted by atomic mass is 15.0. The van der Waals surface area contributed by atoms with Crippen LogP contribution in [0.3, 0.4) is 0 Å². The van der Waals surface area contributed by atoms with Crippen LogP contribution in [0, 0.1) is 5.92 Å². The molecule has 1 aliphatic heterocycles. The Morgan fingerprint density at radius 1 is 0.621 bits per heavy atom. The first kappa shape index (κ1) is 32.6. The number of rotatable bonds is 3. The number of hydrogen-bond acceptors (Lipinski definition) is 1. The van der Waals surface area contributed by atoms with Gasteiger partial charge >= 0.3 is 0 Å². The van der Waals surface area contributed by atoms with Gasteiger partial charge < -0.3 is 4.57 Å². The summed E-state index contributed by atoms with van der Waals surface area (Å²) in [7, 11) is 0. The topological polar surface area (TPSA) is 17.0 Å². The van der Waals surface area contributed by atoms with Crippen molar-refractivity contribution in [1.29, 1.82) is 0 Å². The van der Waals surface area contributed by atoms with Crippen molar-refractivity contribution in [3.63, 3.8) is 0 Å². The summed E-state index contributed by atoms with van der Waals surface area (Å²) in [5.41, 5.74) is 21.7. The molecule has 0 amide bonds. The van der Waals surface area contributed by atoms with E-state index in [9.17, 15) is 0 Å². The van der Waals surface area contributed by atoms with E-state index in [4.69, 9.17) is 0 Å². The molecule has 2 nitrogen and oxygen atoms in total. The lowest BCUT2D eigenvalue weighted by Gasteiger charge is -2.39. The predicted molar refractivity (Wildman–Crippen MR) is 239 cm³/mol. The molecule has 276 valence electrons. The molecule has 5 unspecified atom stereocenters. The van der Waals surface area contributed by atoms with Gasteiger partial charge in [0, 0.05) is 34.6 Å². The van der Waals surface area contributed by atoms with Crippen molar-refractivity contribution in [3.05, 3.63) is 232 Å². The lowest BCUT2D eigenvalue weighted by Crippen LogP contribution is -2.40. The monoisotopic (exact) mass is 742 g/mol. The van der Waals surface area contributed by atoms with Gasteiger partial charge in [0.15, 0.2) is 0 Å². The molecule has 6 aromatic carbocycles. The molecule has 2 heteroatoms. The third-order valence-electron chi connectivity index (χ3n) is 14.3. The maximum absolute atomic E-state index is 4.14. The summed E-state index contributed by atoms with van der Waals surface area (Å²) in [5, 5.41) is 5.51. The third-order valence-corrected chi connectivity index (χ3v) is 14.3. The van der Waals surface area contributed by atoms with E-state index in [1.807, 2.05) is 0 Å². The molecule has 0 saturated carbocycles. The number of benzene rings is 6. The molecule has 0 fully saturated rings. The molecule has 5 atom stereocenters. The third kappa shape index (κ3) is 4.31. The molecule has 0 saturated heterocycles. The van der Waals surface area contributed by atoms with E-state index in [-0.39, 0.29) is 17.5 Å². The van der Waals surface area contributed by atoms with Crippen LogP contribution < -0.4 is 5.32 Å². The fourth-order valence-corrected chi connectivity index (χ4v) is 12.0. The number of aromatic nitrogens is 1. The first-order valence-corrected chi connectivity index (χ1v) is 21.1. The van der Waals surface area contributed by atoms with Gasteiger partial charge in [0.25, 0.3) is 0 Å². The van der Waals surface area contributed by atoms with Crippen LogP contribution in [-0.4, -0.2) is 10.6 Å². The second-order valence-electron chi connectivity index (χ2n) is 17.0. The maximum Gasteiger partial charge on any atom is 0.0587 e. The highest BCUT2D eigenvalue weighted by Gasteiger charge is 2.58.